The smallest absolute Gasteiger partial charge is 0.329 e. The molecule has 0 radical (unpaired) electrons. The van der Waals surface area contributed by atoms with E-state index in [1.165, 1.54) is 11.3 Å². The molecule has 60 valence electrons. The number of carbonyl (C=O) groups excluding carboxylic acids is 1. The highest BCUT2D eigenvalue weighted by atomic mass is 32.1. The number of nitrogens with zero attached hydrogens (tertiary/aromatic N) is 1. The van der Waals surface area contributed by atoms with E-state index in [4.69, 9.17) is 5.84 Å². The number of hydrogen-bond donors (Lipinski definition) is 3. The Kier molecular flexibility index (Phi) is 2.82. The van der Waals surface area contributed by atoms with E-state index in [1.54, 1.807) is 5.51 Å². The van der Waals surface area contributed by atoms with Crippen LogP contribution in [0.25, 0.3) is 0 Å². The first-order valence-electron chi connectivity index (χ1n) is 2.94. The summed E-state index contributed by atoms with van der Waals surface area (Å²) in [5.41, 5.74) is 4.49. The van der Waals surface area contributed by atoms with Gasteiger partial charge < -0.3 is 5.32 Å². The third-order valence-electron chi connectivity index (χ3n) is 1.04. The predicted molar refractivity (Wildman–Crippen MR) is 41.7 cm³/mol. The molecule has 0 aliphatic heterocycles. The van der Waals surface area contributed by atoms with Gasteiger partial charge in [-0.1, -0.05) is 0 Å². The lowest BCUT2D eigenvalue weighted by molar-refractivity contribution is 0.240. The second kappa shape index (κ2) is 3.89. The Morgan fingerprint density at radius 2 is 2.64 bits per heavy atom. The van der Waals surface area contributed by atoms with Gasteiger partial charge in [0.2, 0.25) is 0 Å². The number of nitrogens with two attached hydrogens (primary N) is 1. The molecule has 1 aromatic rings. The summed E-state index contributed by atoms with van der Waals surface area (Å²) < 4.78 is 0. The van der Waals surface area contributed by atoms with Crippen molar-refractivity contribution in [2.24, 2.45) is 5.84 Å². The van der Waals surface area contributed by atoms with Gasteiger partial charge in [0, 0.05) is 5.38 Å². The molecule has 0 bridgehead atoms. The molecule has 5 nitrogen and oxygen atoms in total. The highest BCUT2D eigenvalue weighted by Crippen LogP contribution is 1.99. The number of amides is 2. The number of rotatable bonds is 2. The number of hydrogen-bond acceptors (Lipinski definition) is 4. The van der Waals surface area contributed by atoms with Gasteiger partial charge in [-0.3, -0.25) is 5.43 Å². The molecule has 0 spiro atoms. The molecule has 1 aromatic heterocycles. The van der Waals surface area contributed by atoms with E-state index in [2.05, 4.69) is 10.3 Å². The van der Waals surface area contributed by atoms with Crippen LogP contribution in [0.4, 0.5) is 4.79 Å². The van der Waals surface area contributed by atoms with Crippen LogP contribution in [0.5, 0.6) is 0 Å². The topological polar surface area (TPSA) is 80.0 Å². The van der Waals surface area contributed by atoms with Crippen molar-refractivity contribution >= 4 is 17.4 Å². The summed E-state index contributed by atoms with van der Waals surface area (Å²) in [5.74, 6) is 4.83. The molecule has 4 N–H and O–H groups in total. The van der Waals surface area contributed by atoms with Crippen molar-refractivity contribution in [2.75, 3.05) is 0 Å². The van der Waals surface area contributed by atoms with Gasteiger partial charge in [-0.05, 0) is 0 Å². The minimum Gasteiger partial charge on any atom is -0.331 e. The molecule has 0 aromatic carbocycles. The highest BCUT2D eigenvalue weighted by Gasteiger charge is 1.97. The Labute approximate surface area is 67.6 Å². The van der Waals surface area contributed by atoms with E-state index >= 15 is 0 Å². The normalized spacial score (nSPS) is 9.18. The Bertz CT molecular complexity index is 222. The van der Waals surface area contributed by atoms with Crippen molar-refractivity contribution in [3.63, 3.8) is 0 Å². The van der Waals surface area contributed by atoms with E-state index in [1.807, 2.05) is 10.8 Å². The van der Waals surface area contributed by atoms with Crippen molar-refractivity contribution in [3.8, 4) is 0 Å². The van der Waals surface area contributed by atoms with Crippen LogP contribution in [-0.2, 0) is 6.54 Å². The van der Waals surface area contributed by atoms with Gasteiger partial charge in [0.25, 0.3) is 0 Å². The van der Waals surface area contributed by atoms with Gasteiger partial charge in [0.05, 0.1) is 17.7 Å². The second-order valence-electron chi connectivity index (χ2n) is 1.81. The second-order valence-corrected chi connectivity index (χ2v) is 2.53. The molecule has 0 atom stereocenters. The summed E-state index contributed by atoms with van der Waals surface area (Å²) in [6, 6.07) is -0.405. The molecule has 11 heavy (non-hydrogen) atoms. The molecule has 6 heteroatoms. The van der Waals surface area contributed by atoms with Crippen LogP contribution in [0.2, 0.25) is 0 Å². The van der Waals surface area contributed by atoms with E-state index in [0.29, 0.717) is 6.54 Å². The fraction of sp³-hybridized carbons (Fsp3) is 0.200. The molecule has 0 unspecified atom stereocenters. The maximum atomic E-state index is 10.5. The number of nitrogens with one attached hydrogen (secondary N) is 2. The molecular formula is C5H8N4OS. The van der Waals surface area contributed by atoms with Crippen molar-refractivity contribution < 1.29 is 4.79 Å². The van der Waals surface area contributed by atoms with Crippen molar-refractivity contribution in [1.29, 1.82) is 0 Å². The number of aromatic nitrogens is 1. The Morgan fingerprint density at radius 3 is 3.18 bits per heavy atom. The summed E-state index contributed by atoms with van der Waals surface area (Å²) in [4.78, 5) is 14.5. The summed E-state index contributed by atoms with van der Waals surface area (Å²) in [7, 11) is 0. The van der Waals surface area contributed by atoms with Crippen LogP contribution in [0.3, 0.4) is 0 Å². The first-order valence-corrected chi connectivity index (χ1v) is 3.88. The zero-order valence-corrected chi connectivity index (χ0v) is 6.52. The van der Waals surface area contributed by atoms with Gasteiger partial charge in [0.1, 0.15) is 0 Å². The van der Waals surface area contributed by atoms with Crippen LogP contribution in [0, 0.1) is 0 Å². The lowest BCUT2D eigenvalue weighted by Crippen LogP contribution is -2.39. The number of urea groups is 1. The van der Waals surface area contributed by atoms with Crippen molar-refractivity contribution in [2.45, 2.75) is 6.54 Å². The fourth-order valence-electron chi connectivity index (χ4n) is 0.547. The molecule has 0 saturated carbocycles. The SMILES string of the molecule is NNC(=O)NCc1cscn1. The van der Waals surface area contributed by atoms with E-state index in [9.17, 15) is 4.79 Å². The molecule has 2 amide bonds. The minimum atomic E-state index is -0.405. The summed E-state index contributed by atoms with van der Waals surface area (Å²) in [6.45, 7) is 0.409. The van der Waals surface area contributed by atoms with Gasteiger partial charge in [0.15, 0.2) is 0 Å². The molecular weight excluding hydrogens is 164 g/mol. The third kappa shape index (κ3) is 2.52. The molecule has 0 aliphatic carbocycles. The molecule has 0 aliphatic rings. The largest absolute Gasteiger partial charge is 0.331 e. The monoisotopic (exact) mass is 172 g/mol. The summed E-state index contributed by atoms with van der Waals surface area (Å²) >= 11 is 1.48. The zero-order valence-electron chi connectivity index (χ0n) is 5.70. The van der Waals surface area contributed by atoms with Crippen molar-refractivity contribution in [3.05, 3.63) is 16.6 Å². The zero-order chi connectivity index (χ0) is 8.10. The lowest BCUT2D eigenvalue weighted by Gasteiger charge is -1.99. The summed E-state index contributed by atoms with van der Waals surface area (Å²) in [6.07, 6.45) is 0. The highest BCUT2D eigenvalue weighted by molar-refractivity contribution is 7.07. The van der Waals surface area contributed by atoms with E-state index in [0.717, 1.165) is 5.69 Å². The quantitative estimate of drug-likeness (QED) is 0.329. The van der Waals surface area contributed by atoms with Crippen LogP contribution in [-0.4, -0.2) is 11.0 Å². The molecule has 0 fully saturated rings. The van der Waals surface area contributed by atoms with Crippen LogP contribution in [0.1, 0.15) is 5.69 Å². The lowest BCUT2D eigenvalue weighted by atomic mass is 10.5. The Morgan fingerprint density at radius 1 is 1.82 bits per heavy atom. The number of hydrazine groups is 1. The van der Waals surface area contributed by atoms with Crippen molar-refractivity contribution in [1.82, 2.24) is 15.7 Å². The Hall–Kier alpha value is -1.14. The maximum absolute atomic E-state index is 10.5. The summed E-state index contributed by atoms with van der Waals surface area (Å²) in [5, 5.41) is 4.36. The average Bonchev–Trinajstić information content (AvgIpc) is 2.52. The van der Waals surface area contributed by atoms with Gasteiger partial charge in [-0.2, -0.15) is 0 Å². The number of thiazole rings is 1. The standard InChI is InChI=1S/C5H8N4OS/c6-9-5(10)7-1-4-2-11-3-8-4/h2-3H,1,6H2,(H2,7,9,10). The first-order chi connectivity index (χ1) is 5.33. The van der Waals surface area contributed by atoms with Crippen LogP contribution >= 0.6 is 11.3 Å². The Balaban J connectivity index is 2.29. The van der Waals surface area contributed by atoms with Gasteiger partial charge in [-0.15, -0.1) is 11.3 Å². The van der Waals surface area contributed by atoms with Gasteiger partial charge >= 0.3 is 6.03 Å². The maximum Gasteiger partial charge on any atom is 0.329 e. The van der Waals surface area contributed by atoms with Crippen LogP contribution in [0.15, 0.2) is 10.9 Å². The molecule has 0 saturated heterocycles. The fourth-order valence-corrected chi connectivity index (χ4v) is 1.11. The predicted octanol–water partition coefficient (Wildman–Crippen LogP) is -0.184. The number of carbonyl (C=O) groups is 1. The molecule has 1 heterocycles. The first kappa shape index (κ1) is 7.96. The minimum absolute atomic E-state index is 0.405. The van der Waals surface area contributed by atoms with E-state index < -0.39 is 6.03 Å². The average molecular weight is 172 g/mol. The van der Waals surface area contributed by atoms with Gasteiger partial charge in [-0.25, -0.2) is 15.6 Å². The molecule has 1 rings (SSSR count). The van der Waals surface area contributed by atoms with Crippen LogP contribution < -0.4 is 16.6 Å². The third-order valence-corrected chi connectivity index (χ3v) is 1.68. The van der Waals surface area contributed by atoms with E-state index in [-0.39, 0.29) is 0 Å².